The number of Topliss-reactive ketones (excluding diaryl/α,β-unsaturated/α-hetero) is 1. The first-order valence-corrected chi connectivity index (χ1v) is 8.42. The third-order valence-corrected chi connectivity index (χ3v) is 4.50. The van der Waals surface area contributed by atoms with E-state index in [9.17, 15) is 19.7 Å². The number of hydrogen-bond donors (Lipinski definition) is 0. The summed E-state index contributed by atoms with van der Waals surface area (Å²) in [5, 5.41) is 10.1. The number of esters is 1. The number of benzene rings is 2. The minimum atomic E-state index is -0.535. The standard InChI is InChI=1S/C18H17NO5S/c1-12-3-5-14(6-4-12)17(20)11-24-18(21)13(2)25-16-9-7-15(8-10-16)19(22)23/h3-10,13H,11H2,1-2H3. The predicted octanol–water partition coefficient (Wildman–Crippen LogP) is 3.81. The van der Waals surface area contributed by atoms with E-state index in [1.807, 2.05) is 19.1 Å². The van der Waals surface area contributed by atoms with E-state index in [4.69, 9.17) is 4.74 Å². The summed E-state index contributed by atoms with van der Waals surface area (Å²) < 4.78 is 5.07. The van der Waals surface area contributed by atoms with Gasteiger partial charge in [0.1, 0.15) is 5.25 Å². The molecule has 0 radical (unpaired) electrons. The van der Waals surface area contributed by atoms with Crippen molar-refractivity contribution < 1.29 is 19.2 Å². The van der Waals surface area contributed by atoms with Gasteiger partial charge in [-0.3, -0.25) is 19.7 Å². The first-order chi connectivity index (χ1) is 11.9. The highest BCUT2D eigenvalue weighted by Crippen LogP contribution is 2.26. The van der Waals surface area contributed by atoms with Crippen LogP contribution in [0, 0.1) is 17.0 Å². The predicted molar refractivity (Wildman–Crippen MR) is 94.9 cm³/mol. The minimum absolute atomic E-state index is 0.0109. The molecular weight excluding hydrogens is 342 g/mol. The Morgan fingerprint density at radius 3 is 2.28 bits per heavy atom. The van der Waals surface area contributed by atoms with E-state index in [2.05, 4.69) is 0 Å². The highest BCUT2D eigenvalue weighted by molar-refractivity contribution is 8.00. The fraction of sp³-hybridized carbons (Fsp3) is 0.222. The van der Waals surface area contributed by atoms with Crippen LogP contribution in [0.25, 0.3) is 0 Å². The Balaban J connectivity index is 1.86. The van der Waals surface area contributed by atoms with Gasteiger partial charge in [-0.25, -0.2) is 0 Å². The van der Waals surface area contributed by atoms with E-state index in [-0.39, 0.29) is 18.1 Å². The quantitative estimate of drug-likeness (QED) is 0.246. The van der Waals surface area contributed by atoms with Crippen LogP contribution in [0.3, 0.4) is 0 Å². The number of nitro groups is 1. The first-order valence-electron chi connectivity index (χ1n) is 7.54. The van der Waals surface area contributed by atoms with Gasteiger partial charge in [0.2, 0.25) is 0 Å². The van der Waals surface area contributed by atoms with E-state index in [0.29, 0.717) is 10.5 Å². The van der Waals surface area contributed by atoms with Gasteiger partial charge in [-0.1, -0.05) is 29.8 Å². The molecule has 0 bridgehead atoms. The summed E-state index contributed by atoms with van der Waals surface area (Å²) in [5.74, 6) is -0.773. The van der Waals surface area contributed by atoms with Gasteiger partial charge >= 0.3 is 5.97 Å². The summed E-state index contributed by atoms with van der Waals surface area (Å²) in [6.45, 7) is 3.27. The molecule has 25 heavy (non-hydrogen) atoms. The number of aryl methyl sites for hydroxylation is 1. The average molecular weight is 359 g/mol. The third-order valence-electron chi connectivity index (χ3n) is 3.41. The van der Waals surface area contributed by atoms with E-state index in [0.717, 1.165) is 5.56 Å². The molecule has 0 aliphatic heterocycles. The van der Waals surface area contributed by atoms with Crippen LogP contribution < -0.4 is 0 Å². The van der Waals surface area contributed by atoms with Gasteiger partial charge < -0.3 is 4.74 Å². The maximum Gasteiger partial charge on any atom is 0.319 e. The Labute approximate surface area is 149 Å². The van der Waals surface area contributed by atoms with Crippen LogP contribution in [0.2, 0.25) is 0 Å². The second kappa shape index (κ2) is 8.43. The van der Waals surface area contributed by atoms with Crippen LogP contribution in [0.15, 0.2) is 53.4 Å². The SMILES string of the molecule is Cc1ccc(C(=O)COC(=O)C(C)Sc2ccc([N+](=O)[O-])cc2)cc1. The van der Waals surface area contributed by atoms with Crippen LogP contribution in [-0.4, -0.2) is 28.5 Å². The van der Waals surface area contributed by atoms with Gasteiger partial charge in [0.15, 0.2) is 12.4 Å². The van der Waals surface area contributed by atoms with Crippen LogP contribution in [-0.2, 0) is 9.53 Å². The summed E-state index contributed by atoms with van der Waals surface area (Å²) in [6.07, 6.45) is 0. The van der Waals surface area contributed by atoms with E-state index in [1.165, 1.54) is 23.9 Å². The van der Waals surface area contributed by atoms with E-state index >= 15 is 0 Å². The zero-order chi connectivity index (χ0) is 18.4. The van der Waals surface area contributed by atoms with Gasteiger partial charge in [-0.15, -0.1) is 11.8 Å². The van der Waals surface area contributed by atoms with Crippen LogP contribution in [0.5, 0.6) is 0 Å². The fourth-order valence-electron chi connectivity index (χ4n) is 1.98. The number of nitrogens with zero attached hydrogens (tertiary/aromatic N) is 1. The lowest BCUT2D eigenvalue weighted by Gasteiger charge is -2.11. The van der Waals surface area contributed by atoms with Crippen molar-refractivity contribution in [1.82, 2.24) is 0 Å². The monoisotopic (exact) mass is 359 g/mol. The number of ether oxygens (including phenoxy) is 1. The van der Waals surface area contributed by atoms with Crippen molar-refractivity contribution in [1.29, 1.82) is 0 Å². The number of carbonyl (C=O) groups excluding carboxylic acids is 2. The molecule has 0 heterocycles. The zero-order valence-electron chi connectivity index (χ0n) is 13.8. The summed E-state index contributed by atoms with van der Waals surface area (Å²) >= 11 is 1.21. The Bertz CT molecular complexity index is 771. The molecule has 0 aliphatic carbocycles. The molecule has 2 aromatic rings. The van der Waals surface area contributed by atoms with E-state index in [1.54, 1.807) is 31.2 Å². The molecule has 0 aliphatic rings. The highest BCUT2D eigenvalue weighted by Gasteiger charge is 2.18. The van der Waals surface area contributed by atoms with E-state index < -0.39 is 16.1 Å². The third kappa shape index (κ3) is 5.42. The molecule has 0 amide bonds. The van der Waals surface area contributed by atoms with Gasteiger partial charge in [0.05, 0.1) is 4.92 Å². The second-order valence-corrected chi connectivity index (χ2v) is 6.82. The van der Waals surface area contributed by atoms with Crippen molar-refractivity contribution in [2.75, 3.05) is 6.61 Å². The summed E-state index contributed by atoms with van der Waals surface area (Å²) in [5.41, 5.74) is 1.53. The Hall–Kier alpha value is -2.67. The molecule has 6 nitrogen and oxygen atoms in total. The molecule has 7 heteroatoms. The molecule has 0 fully saturated rings. The Morgan fingerprint density at radius 2 is 1.72 bits per heavy atom. The Kier molecular flexibility index (Phi) is 6.30. The van der Waals surface area contributed by atoms with Crippen molar-refractivity contribution >= 4 is 29.2 Å². The molecule has 1 atom stereocenters. The van der Waals surface area contributed by atoms with Crippen molar-refractivity contribution in [2.24, 2.45) is 0 Å². The number of hydrogen-bond acceptors (Lipinski definition) is 6. The zero-order valence-corrected chi connectivity index (χ0v) is 14.6. The lowest BCUT2D eigenvalue weighted by Crippen LogP contribution is -2.21. The lowest BCUT2D eigenvalue weighted by atomic mass is 10.1. The van der Waals surface area contributed by atoms with Gasteiger partial charge in [0.25, 0.3) is 5.69 Å². The summed E-state index contributed by atoms with van der Waals surface area (Å²) in [7, 11) is 0. The second-order valence-electron chi connectivity index (χ2n) is 5.41. The van der Waals surface area contributed by atoms with Gasteiger partial charge in [-0.05, 0) is 26.0 Å². The van der Waals surface area contributed by atoms with Crippen molar-refractivity contribution in [3.05, 3.63) is 69.8 Å². The minimum Gasteiger partial charge on any atom is -0.456 e. The van der Waals surface area contributed by atoms with Crippen LogP contribution in [0.4, 0.5) is 5.69 Å². The number of nitro benzene ring substituents is 1. The molecule has 0 saturated carbocycles. The molecular formula is C18H17NO5S. The molecule has 0 saturated heterocycles. The maximum atomic E-state index is 12.0. The smallest absolute Gasteiger partial charge is 0.319 e. The largest absolute Gasteiger partial charge is 0.456 e. The van der Waals surface area contributed by atoms with Crippen molar-refractivity contribution in [3.8, 4) is 0 Å². The molecule has 130 valence electrons. The lowest BCUT2D eigenvalue weighted by molar-refractivity contribution is -0.384. The van der Waals surface area contributed by atoms with Crippen molar-refractivity contribution in [2.45, 2.75) is 24.0 Å². The molecule has 0 N–H and O–H groups in total. The molecule has 2 rings (SSSR count). The number of non-ortho nitro benzene ring substituents is 1. The molecule has 2 aromatic carbocycles. The van der Waals surface area contributed by atoms with Gasteiger partial charge in [-0.2, -0.15) is 0 Å². The highest BCUT2D eigenvalue weighted by atomic mass is 32.2. The average Bonchev–Trinajstić information content (AvgIpc) is 2.60. The topological polar surface area (TPSA) is 86.5 Å². The molecule has 0 aromatic heterocycles. The van der Waals surface area contributed by atoms with Crippen molar-refractivity contribution in [3.63, 3.8) is 0 Å². The normalized spacial score (nSPS) is 11.6. The molecule has 0 spiro atoms. The summed E-state index contributed by atoms with van der Waals surface area (Å²) in [6, 6.07) is 12.9. The first kappa shape index (κ1) is 18.7. The Morgan fingerprint density at radius 1 is 1.12 bits per heavy atom. The van der Waals surface area contributed by atoms with Gasteiger partial charge in [0, 0.05) is 22.6 Å². The van der Waals surface area contributed by atoms with Crippen LogP contribution in [0.1, 0.15) is 22.8 Å². The summed E-state index contributed by atoms with van der Waals surface area (Å²) in [4.78, 5) is 34.8. The number of ketones is 1. The fourth-order valence-corrected chi connectivity index (χ4v) is 2.84. The number of rotatable bonds is 7. The molecule has 1 unspecified atom stereocenters. The maximum absolute atomic E-state index is 12.0. The number of carbonyl (C=O) groups is 2. The number of thioether (sulfide) groups is 1. The van der Waals surface area contributed by atoms with Crippen LogP contribution >= 0.6 is 11.8 Å².